The predicted molar refractivity (Wildman–Crippen MR) is 156 cm³/mol. The van der Waals surface area contributed by atoms with Gasteiger partial charge in [-0.2, -0.15) is 0 Å². The van der Waals surface area contributed by atoms with Crippen molar-refractivity contribution in [2.75, 3.05) is 11.9 Å². The molecular weight excluding hydrogens is 546 g/mol. The zero-order valence-corrected chi connectivity index (χ0v) is 23.3. The molecule has 15 nitrogen and oxygen atoms in total. The number of aliphatic imine (C=N–C) groups is 1. The van der Waals surface area contributed by atoms with E-state index in [1.54, 1.807) is 13.0 Å². The number of fused-ring (bicyclic) bond motifs is 2. The van der Waals surface area contributed by atoms with E-state index in [1.165, 1.54) is 24.3 Å². The summed E-state index contributed by atoms with van der Waals surface area (Å²) in [5.74, 6) is -3.00. The van der Waals surface area contributed by atoms with Gasteiger partial charge in [-0.3, -0.25) is 34.3 Å². The summed E-state index contributed by atoms with van der Waals surface area (Å²) < 4.78 is 0. The molecule has 1 aliphatic rings. The summed E-state index contributed by atoms with van der Waals surface area (Å²) in [4.78, 5) is 67.1. The molecule has 3 rings (SSSR count). The number of rotatable bonds is 8. The third-order valence-corrected chi connectivity index (χ3v) is 6.94. The van der Waals surface area contributed by atoms with E-state index in [0.717, 1.165) is 6.07 Å². The van der Waals surface area contributed by atoms with Crippen molar-refractivity contribution in [1.29, 1.82) is 0 Å². The first-order valence-corrected chi connectivity index (χ1v) is 13.3. The maximum atomic E-state index is 13.6. The molecule has 2 aromatic carbocycles. The fourth-order valence-electron chi connectivity index (χ4n) is 4.35. The molecule has 10 N–H and O–H groups in total. The lowest BCUT2D eigenvalue weighted by molar-refractivity contribution is -0.384. The van der Waals surface area contributed by atoms with E-state index in [1.807, 2.05) is 6.92 Å². The van der Waals surface area contributed by atoms with Gasteiger partial charge in [0.05, 0.1) is 16.2 Å². The maximum Gasteiger partial charge on any atom is 0.270 e. The van der Waals surface area contributed by atoms with Gasteiger partial charge in [0, 0.05) is 36.5 Å². The number of nitro benzene ring substituents is 1. The number of hydrogen-bond acceptors (Lipinski definition) is 8. The van der Waals surface area contributed by atoms with Crippen LogP contribution in [0.5, 0.6) is 0 Å². The summed E-state index contributed by atoms with van der Waals surface area (Å²) in [6.45, 7) is 3.80. The maximum absolute atomic E-state index is 13.6. The van der Waals surface area contributed by atoms with Gasteiger partial charge in [-0.1, -0.05) is 26.3 Å². The zero-order valence-electron chi connectivity index (χ0n) is 23.3. The van der Waals surface area contributed by atoms with Crippen LogP contribution in [-0.4, -0.2) is 53.1 Å². The molecule has 3 atom stereocenters. The van der Waals surface area contributed by atoms with Crippen LogP contribution in [-0.2, 0) is 16.1 Å². The van der Waals surface area contributed by atoms with Crippen LogP contribution in [0, 0.1) is 16.0 Å². The molecule has 42 heavy (non-hydrogen) atoms. The number of primary amides is 1. The van der Waals surface area contributed by atoms with Crippen LogP contribution in [0.25, 0.3) is 0 Å². The average Bonchev–Trinajstić information content (AvgIpc) is 2.95. The molecule has 4 amide bonds. The Balaban J connectivity index is 2.12. The van der Waals surface area contributed by atoms with Crippen molar-refractivity contribution in [2.45, 2.75) is 51.7 Å². The van der Waals surface area contributed by atoms with Gasteiger partial charge in [0.15, 0.2) is 5.96 Å². The van der Waals surface area contributed by atoms with Crippen LogP contribution >= 0.6 is 0 Å². The van der Waals surface area contributed by atoms with Crippen molar-refractivity contribution in [3.8, 4) is 0 Å². The summed E-state index contributed by atoms with van der Waals surface area (Å²) >= 11 is 0. The lowest BCUT2D eigenvalue weighted by atomic mass is 9.96. The molecule has 15 heteroatoms. The summed E-state index contributed by atoms with van der Waals surface area (Å²) in [5.41, 5.74) is 17.0. The van der Waals surface area contributed by atoms with Crippen LogP contribution in [0.3, 0.4) is 0 Å². The van der Waals surface area contributed by atoms with Crippen molar-refractivity contribution in [3.63, 3.8) is 0 Å². The van der Waals surface area contributed by atoms with E-state index in [0.29, 0.717) is 24.1 Å². The summed E-state index contributed by atoms with van der Waals surface area (Å²) in [6.07, 6.45) is 1.06. The second-order valence-electron chi connectivity index (χ2n) is 9.91. The number of hydrogen-bond donors (Lipinski definition) is 7. The molecule has 0 radical (unpaired) electrons. The second kappa shape index (κ2) is 13.9. The highest BCUT2D eigenvalue weighted by molar-refractivity contribution is 6.04. The number of nitrogens with zero attached hydrogens (tertiary/aromatic N) is 2. The molecule has 0 bridgehead atoms. The molecule has 0 saturated carbocycles. The normalized spacial score (nSPS) is 18.0. The van der Waals surface area contributed by atoms with Gasteiger partial charge in [0.25, 0.3) is 11.6 Å². The minimum atomic E-state index is -1.07. The summed E-state index contributed by atoms with van der Waals surface area (Å²) in [6, 6.07) is 6.11. The Labute approximate surface area is 241 Å². The number of guanidine groups is 1. The largest absolute Gasteiger partial charge is 0.370 e. The number of carbonyl (C=O) groups excluding carboxylic acids is 4. The molecule has 0 spiro atoms. The van der Waals surface area contributed by atoms with E-state index in [4.69, 9.17) is 17.2 Å². The number of benzene rings is 2. The van der Waals surface area contributed by atoms with Crippen molar-refractivity contribution in [3.05, 3.63) is 63.2 Å². The topological polar surface area (TPSA) is 250 Å². The molecular formula is C27H35N9O6. The van der Waals surface area contributed by atoms with Gasteiger partial charge < -0.3 is 38.5 Å². The smallest absolute Gasteiger partial charge is 0.270 e. The zero-order chi connectivity index (χ0) is 31.0. The van der Waals surface area contributed by atoms with Crippen molar-refractivity contribution in [1.82, 2.24) is 16.0 Å². The SMILES string of the molecule is CC[C@H](C)[C@@H]1NC(=O)c2cc([N+](=O)[O-])ccc2Nc2cc(C(N)=O)ccc2CNC(=O)[C@H](CCCN=C(N)N)NC1=O. The number of anilines is 2. The van der Waals surface area contributed by atoms with Gasteiger partial charge in [-0.05, 0) is 42.5 Å². The fourth-order valence-corrected chi connectivity index (χ4v) is 4.35. The molecule has 0 unspecified atom stereocenters. The van der Waals surface area contributed by atoms with Crippen molar-refractivity contribution in [2.24, 2.45) is 28.1 Å². The summed E-state index contributed by atoms with van der Waals surface area (Å²) in [5, 5.41) is 22.8. The minimum Gasteiger partial charge on any atom is -0.370 e. The molecule has 0 aromatic heterocycles. The van der Waals surface area contributed by atoms with E-state index in [9.17, 15) is 29.3 Å². The molecule has 1 heterocycles. The number of non-ortho nitro benzene ring substituents is 1. The number of carbonyl (C=O) groups is 4. The minimum absolute atomic E-state index is 0.0240. The van der Waals surface area contributed by atoms with Crippen LogP contribution in [0.2, 0.25) is 0 Å². The monoisotopic (exact) mass is 581 g/mol. The molecule has 0 fully saturated rings. The van der Waals surface area contributed by atoms with Crippen LogP contribution in [0.15, 0.2) is 41.4 Å². The quantitative estimate of drug-likeness (QED) is 0.0762. The molecule has 2 aromatic rings. The van der Waals surface area contributed by atoms with Crippen molar-refractivity contribution < 1.29 is 24.1 Å². The van der Waals surface area contributed by atoms with Crippen molar-refractivity contribution >= 4 is 46.7 Å². The first-order chi connectivity index (χ1) is 19.9. The Kier molecular flexibility index (Phi) is 10.4. The average molecular weight is 582 g/mol. The number of amides is 4. The standard InChI is InChI=1S/C27H35N9O6/c1-3-14(2)22-26(40)34-20(5-4-10-31-27(29)30)25(39)32-13-16-7-6-15(23(28)37)11-21(16)33-19-9-8-17(36(41)42)12-18(19)24(38)35-22/h6-9,11-12,14,20,22,33H,3-5,10,13H2,1-2H3,(H2,28,37)(H,32,39)(H,34,40)(H,35,38)(H4,29,30,31)/t14-,20-,22-/m0/s1. The van der Waals surface area contributed by atoms with E-state index < -0.39 is 40.6 Å². The number of nitro groups is 1. The Morgan fingerprint density at radius 1 is 1.07 bits per heavy atom. The van der Waals surface area contributed by atoms with Gasteiger partial charge >= 0.3 is 0 Å². The highest BCUT2D eigenvalue weighted by Crippen LogP contribution is 2.29. The van der Waals surface area contributed by atoms with Gasteiger partial charge in [0.1, 0.15) is 12.1 Å². The lowest BCUT2D eigenvalue weighted by Gasteiger charge is -2.27. The first kappa shape index (κ1) is 31.3. The highest BCUT2D eigenvalue weighted by Gasteiger charge is 2.31. The highest BCUT2D eigenvalue weighted by atomic mass is 16.6. The second-order valence-corrected chi connectivity index (χ2v) is 9.91. The Morgan fingerprint density at radius 3 is 2.45 bits per heavy atom. The molecule has 224 valence electrons. The summed E-state index contributed by atoms with van der Waals surface area (Å²) in [7, 11) is 0. The number of nitrogens with two attached hydrogens (primary N) is 3. The van der Waals surface area contributed by atoms with E-state index in [2.05, 4.69) is 26.3 Å². The van der Waals surface area contributed by atoms with Gasteiger partial charge in [-0.25, -0.2) is 0 Å². The van der Waals surface area contributed by atoms with Gasteiger partial charge in [-0.15, -0.1) is 0 Å². The fraction of sp³-hybridized carbons (Fsp3) is 0.370. The van der Waals surface area contributed by atoms with Crippen LogP contribution in [0.1, 0.15) is 59.4 Å². The Hall–Kier alpha value is -5.21. The number of nitrogens with one attached hydrogen (secondary N) is 4. The molecule has 0 aliphatic carbocycles. The molecule has 0 saturated heterocycles. The lowest BCUT2D eigenvalue weighted by Crippen LogP contribution is -2.55. The van der Waals surface area contributed by atoms with Gasteiger partial charge in [0.2, 0.25) is 17.7 Å². The third-order valence-electron chi connectivity index (χ3n) is 6.94. The Morgan fingerprint density at radius 2 is 1.81 bits per heavy atom. The molecule has 1 aliphatic heterocycles. The third kappa shape index (κ3) is 7.93. The van der Waals surface area contributed by atoms with Crippen LogP contribution < -0.4 is 38.5 Å². The van der Waals surface area contributed by atoms with Crippen LogP contribution in [0.4, 0.5) is 17.1 Å². The first-order valence-electron chi connectivity index (χ1n) is 13.3. The van der Waals surface area contributed by atoms with E-state index in [-0.39, 0.29) is 53.9 Å². The Bertz CT molecular complexity index is 1410. The predicted octanol–water partition coefficient (Wildman–Crippen LogP) is 0.750. The van der Waals surface area contributed by atoms with E-state index >= 15 is 0 Å².